The van der Waals surface area contributed by atoms with E-state index in [4.69, 9.17) is 20.4 Å². The minimum absolute atomic E-state index is 0.0281. The molecule has 0 spiro atoms. The average Bonchev–Trinajstić information content (AvgIpc) is 3.71. The average molecular weight is 829 g/mol. The lowest BCUT2D eigenvalue weighted by Crippen LogP contribution is -2.57. The van der Waals surface area contributed by atoms with E-state index in [9.17, 15) is 43.8 Å². The molecular formula is C36H64N10O12. The number of H-pyrrole nitrogens is 1. The zero-order valence-corrected chi connectivity index (χ0v) is 33.6. The van der Waals surface area contributed by atoms with Crippen molar-refractivity contribution in [3.8, 4) is 0 Å². The topological polar surface area (TPSA) is 330 Å². The maximum atomic E-state index is 12.8. The molecule has 10 N–H and O–H groups in total. The van der Waals surface area contributed by atoms with Crippen molar-refractivity contribution in [2.75, 3.05) is 46.1 Å². The van der Waals surface area contributed by atoms with Crippen LogP contribution in [0.4, 0.5) is 0 Å². The number of aliphatic carboxylic acids is 1. The van der Waals surface area contributed by atoms with E-state index in [-0.39, 0.29) is 45.1 Å². The summed E-state index contributed by atoms with van der Waals surface area (Å²) < 4.78 is 5.43. The number of nitrogens with one attached hydrogen (secondary N) is 5. The molecule has 0 aliphatic carbocycles. The van der Waals surface area contributed by atoms with Gasteiger partial charge in [0.05, 0.1) is 33.0 Å². The third-order valence-electron chi connectivity index (χ3n) is 8.83. The number of carboxylic acid groups (broad SMARTS) is 1. The van der Waals surface area contributed by atoms with E-state index >= 15 is 0 Å². The summed E-state index contributed by atoms with van der Waals surface area (Å²) in [6.45, 7) is -1.05. The number of unbranched alkanes of at least 4 members (excludes halogenated alkanes) is 12. The lowest BCUT2D eigenvalue weighted by Gasteiger charge is -2.24. The number of hydrogen-bond donors (Lipinski definition) is 9. The molecule has 0 bridgehead atoms. The van der Waals surface area contributed by atoms with Gasteiger partial charge in [-0.3, -0.25) is 33.6 Å². The van der Waals surface area contributed by atoms with E-state index in [1.807, 2.05) is 5.32 Å². The van der Waals surface area contributed by atoms with E-state index in [1.165, 1.54) is 57.8 Å². The Morgan fingerprint density at radius 3 is 1.83 bits per heavy atom. The van der Waals surface area contributed by atoms with Crippen LogP contribution < -0.4 is 27.0 Å². The Kier molecular flexibility index (Phi) is 28.4. The van der Waals surface area contributed by atoms with Gasteiger partial charge in [0.2, 0.25) is 35.4 Å². The Bertz CT molecular complexity index is 1350. The second-order valence-electron chi connectivity index (χ2n) is 13.7. The number of carbonyl (C=O) groups excluding carboxylic acids is 6. The van der Waals surface area contributed by atoms with Crippen molar-refractivity contribution in [3.05, 3.63) is 5.82 Å². The number of nitrogens with two attached hydrogens (primary N) is 1. The molecule has 1 rings (SSSR count). The van der Waals surface area contributed by atoms with Crippen LogP contribution in [0.5, 0.6) is 0 Å². The minimum Gasteiger partial charge on any atom is -0.480 e. The van der Waals surface area contributed by atoms with Crippen molar-refractivity contribution in [3.63, 3.8) is 0 Å². The first-order valence-electron chi connectivity index (χ1n) is 20.0. The number of carboxylic acids is 1. The number of hydrogen-bond acceptors (Lipinski definition) is 14. The van der Waals surface area contributed by atoms with Crippen LogP contribution in [-0.2, 0) is 49.6 Å². The zero-order chi connectivity index (χ0) is 43.0. The molecule has 6 amide bonds. The molecule has 0 fully saturated rings. The third-order valence-corrected chi connectivity index (χ3v) is 8.83. The maximum Gasteiger partial charge on any atom is 0.328 e. The van der Waals surface area contributed by atoms with Gasteiger partial charge in [-0.25, -0.2) is 15.0 Å². The van der Waals surface area contributed by atoms with Crippen LogP contribution in [0.3, 0.4) is 0 Å². The van der Waals surface area contributed by atoms with Crippen LogP contribution in [0.15, 0.2) is 0 Å². The normalized spacial score (nSPS) is 12.5. The summed E-state index contributed by atoms with van der Waals surface area (Å²) >= 11 is 0. The molecule has 330 valence electrons. The molecule has 3 atom stereocenters. The van der Waals surface area contributed by atoms with Crippen LogP contribution in [0.2, 0.25) is 0 Å². The first-order valence-corrected chi connectivity index (χ1v) is 20.0. The number of nitrogens with zero attached hydrogens (tertiary/aromatic N) is 4. The standard InChI is InChI=1S/C36H64N10O12/c1-26(49)46(23-33(52)39-28(24-47)35(54)40-27(17-18-30(37)50)34(53)41-29(25-48)36(55)56)58-22-21-57-20-19-38-32(51)16-14-12-10-8-6-4-2-3-5-7-9-11-13-15-31-42-44-45-43-31/h27-29,47-48H,2-25H2,1H3,(H2,37,50)(H,38,51)(H,39,52)(H,40,54)(H,41,53)(H,55,56)(H,42,43,44,45)/t27-,28-,29-/m0/s1. The fourth-order valence-electron chi connectivity index (χ4n) is 5.56. The zero-order valence-electron chi connectivity index (χ0n) is 33.6. The van der Waals surface area contributed by atoms with Crippen molar-refractivity contribution in [1.82, 2.24) is 47.0 Å². The van der Waals surface area contributed by atoms with Crippen molar-refractivity contribution in [1.29, 1.82) is 0 Å². The molecule has 58 heavy (non-hydrogen) atoms. The SMILES string of the molecule is CC(=O)N(CC(=O)N[C@@H](CO)C(=O)N[C@@H](CCC(N)=O)C(=O)N[C@@H](CO)C(=O)O)OCCOCCNC(=O)CCCCCCCCCCCCCCCc1nnn[nH]1. The van der Waals surface area contributed by atoms with Gasteiger partial charge in [-0.15, -0.1) is 5.10 Å². The molecule has 0 saturated heterocycles. The van der Waals surface area contributed by atoms with Gasteiger partial charge in [0.1, 0.15) is 30.5 Å². The number of primary amides is 1. The van der Waals surface area contributed by atoms with Crippen molar-refractivity contribution in [2.24, 2.45) is 5.73 Å². The Morgan fingerprint density at radius 1 is 0.724 bits per heavy atom. The molecule has 1 heterocycles. The van der Waals surface area contributed by atoms with Gasteiger partial charge in [0.15, 0.2) is 0 Å². The number of aliphatic hydroxyl groups is 2. The fourth-order valence-corrected chi connectivity index (χ4v) is 5.56. The summed E-state index contributed by atoms with van der Waals surface area (Å²) in [7, 11) is 0. The number of carbonyl (C=O) groups is 7. The highest BCUT2D eigenvalue weighted by molar-refractivity contribution is 5.94. The van der Waals surface area contributed by atoms with E-state index in [2.05, 4.69) is 36.6 Å². The van der Waals surface area contributed by atoms with E-state index in [0.29, 0.717) is 11.5 Å². The van der Waals surface area contributed by atoms with Crippen LogP contribution in [0.1, 0.15) is 115 Å². The number of amides is 6. The lowest BCUT2D eigenvalue weighted by molar-refractivity contribution is -0.190. The van der Waals surface area contributed by atoms with Gasteiger partial charge in [0, 0.05) is 32.7 Å². The number of aryl methyl sites for hydroxylation is 1. The first kappa shape index (κ1) is 51.2. The molecule has 0 aromatic carbocycles. The number of tetrazole rings is 1. The van der Waals surface area contributed by atoms with Crippen LogP contribution >= 0.6 is 0 Å². The fraction of sp³-hybridized carbons (Fsp3) is 0.778. The molecule has 0 aliphatic rings. The van der Waals surface area contributed by atoms with E-state index in [0.717, 1.165) is 44.9 Å². The summed E-state index contributed by atoms with van der Waals surface area (Å²) in [5, 5.41) is 51.7. The summed E-state index contributed by atoms with van der Waals surface area (Å²) in [5.74, 6) is -5.29. The van der Waals surface area contributed by atoms with Gasteiger partial charge in [-0.05, 0) is 29.7 Å². The predicted octanol–water partition coefficient (Wildman–Crippen LogP) is -1.09. The van der Waals surface area contributed by atoms with Gasteiger partial charge < -0.3 is 47.1 Å². The molecule has 0 aliphatic heterocycles. The molecule has 0 radical (unpaired) electrons. The highest BCUT2D eigenvalue weighted by Gasteiger charge is 2.30. The Morgan fingerprint density at radius 2 is 1.29 bits per heavy atom. The molecule has 22 nitrogen and oxygen atoms in total. The molecular weight excluding hydrogens is 764 g/mol. The molecule has 1 aromatic rings. The first-order chi connectivity index (χ1) is 27.9. The molecule has 0 unspecified atom stereocenters. The lowest BCUT2D eigenvalue weighted by atomic mass is 10.0. The van der Waals surface area contributed by atoms with Crippen LogP contribution in [-0.4, -0.2) is 147 Å². The predicted molar refractivity (Wildman–Crippen MR) is 206 cm³/mol. The van der Waals surface area contributed by atoms with Crippen molar-refractivity contribution in [2.45, 2.75) is 134 Å². The number of rotatable bonds is 36. The second kappa shape index (κ2) is 32.2. The Balaban J connectivity index is 2.18. The van der Waals surface area contributed by atoms with Gasteiger partial charge in [-0.2, -0.15) is 0 Å². The highest BCUT2D eigenvalue weighted by atomic mass is 16.7. The number of aromatic amines is 1. The Labute approximate surface area is 338 Å². The summed E-state index contributed by atoms with van der Waals surface area (Å²) in [6.07, 6.45) is 15.8. The number of ether oxygens (including phenoxy) is 1. The van der Waals surface area contributed by atoms with E-state index in [1.54, 1.807) is 0 Å². The van der Waals surface area contributed by atoms with E-state index < -0.39 is 73.4 Å². The van der Waals surface area contributed by atoms with Crippen molar-refractivity contribution >= 4 is 41.4 Å². The molecule has 1 aromatic heterocycles. The van der Waals surface area contributed by atoms with Crippen LogP contribution in [0.25, 0.3) is 0 Å². The van der Waals surface area contributed by atoms with Gasteiger partial charge >= 0.3 is 5.97 Å². The van der Waals surface area contributed by atoms with Crippen LogP contribution in [0, 0.1) is 0 Å². The second-order valence-corrected chi connectivity index (χ2v) is 13.7. The van der Waals surface area contributed by atoms with Gasteiger partial charge in [0.25, 0.3) is 0 Å². The summed E-state index contributed by atoms with van der Waals surface area (Å²) in [6, 6.07) is -4.84. The smallest absolute Gasteiger partial charge is 0.328 e. The highest BCUT2D eigenvalue weighted by Crippen LogP contribution is 2.13. The largest absolute Gasteiger partial charge is 0.480 e. The quantitative estimate of drug-likeness (QED) is 0.0287. The summed E-state index contributed by atoms with van der Waals surface area (Å²) in [5.41, 5.74) is 5.12. The van der Waals surface area contributed by atoms with Gasteiger partial charge in [-0.1, -0.05) is 70.6 Å². The maximum absolute atomic E-state index is 12.8. The number of hydroxylamine groups is 2. The molecule has 22 heteroatoms. The third kappa shape index (κ3) is 25.5. The minimum atomic E-state index is -1.70. The molecule has 0 saturated carbocycles. The summed E-state index contributed by atoms with van der Waals surface area (Å²) in [4.78, 5) is 89.9. The Hall–Kier alpha value is -4.80. The van der Waals surface area contributed by atoms with Crippen molar-refractivity contribution < 1.29 is 58.5 Å². The monoisotopic (exact) mass is 828 g/mol. The number of aromatic nitrogens is 4. The number of aliphatic hydroxyl groups excluding tert-OH is 2.